The van der Waals surface area contributed by atoms with Crippen LogP contribution in [-0.2, 0) is 16.0 Å². The fourth-order valence-corrected chi connectivity index (χ4v) is 4.60. The van der Waals surface area contributed by atoms with E-state index in [0.717, 1.165) is 22.5 Å². The summed E-state index contributed by atoms with van der Waals surface area (Å²) in [4.78, 5) is 25.7. The third-order valence-electron chi connectivity index (χ3n) is 6.50. The molecule has 0 saturated carbocycles. The first kappa shape index (κ1) is 22.1. The summed E-state index contributed by atoms with van der Waals surface area (Å²) in [6.45, 7) is 6.54. The number of aromatic nitrogens is 2. The van der Waals surface area contributed by atoms with E-state index in [0.29, 0.717) is 12.4 Å². The molecule has 1 aromatic heterocycles. The Balaban J connectivity index is 1.38. The molecule has 0 spiro atoms. The van der Waals surface area contributed by atoms with Crippen molar-refractivity contribution in [2.75, 3.05) is 16.9 Å². The molecule has 176 valence electrons. The second kappa shape index (κ2) is 8.92. The van der Waals surface area contributed by atoms with Gasteiger partial charge in [-0.1, -0.05) is 42.5 Å². The van der Waals surface area contributed by atoms with Crippen LogP contribution in [0.25, 0.3) is 0 Å². The van der Waals surface area contributed by atoms with Gasteiger partial charge in [0, 0.05) is 12.6 Å². The van der Waals surface area contributed by atoms with E-state index in [2.05, 4.69) is 46.4 Å². The minimum absolute atomic E-state index is 0.0660. The first-order chi connectivity index (χ1) is 16.4. The van der Waals surface area contributed by atoms with Gasteiger partial charge < -0.3 is 10.6 Å². The number of nitrogens with zero attached hydrogens (tertiary/aromatic N) is 3. The number of amides is 2. The normalized spacial score (nSPS) is 21.8. The van der Waals surface area contributed by atoms with E-state index in [1.54, 1.807) is 10.7 Å². The third-order valence-corrected chi connectivity index (χ3v) is 6.50. The molecule has 0 aliphatic carbocycles. The quantitative estimate of drug-likeness (QED) is 0.466. The van der Waals surface area contributed by atoms with Gasteiger partial charge in [0.1, 0.15) is 12.0 Å². The highest BCUT2D eigenvalue weighted by Crippen LogP contribution is 2.30. The van der Waals surface area contributed by atoms with E-state index in [1.807, 2.05) is 54.4 Å². The molecule has 3 atom stereocenters. The lowest BCUT2D eigenvalue weighted by Crippen LogP contribution is -2.62. The van der Waals surface area contributed by atoms with Crippen molar-refractivity contribution in [3.05, 3.63) is 77.0 Å². The van der Waals surface area contributed by atoms with Gasteiger partial charge >= 0.3 is 0 Å². The van der Waals surface area contributed by atoms with Crippen molar-refractivity contribution in [1.29, 1.82) is 0 Å². The van der Waals surface area contributed by atoms with E-state index >= 15 is 0 Å². The van der Waals surface area contributed by atoms with Gasteiger partial charge in [0.2, 0.25) is 11.8 Å². The molecule has 3 heterocycles. The van der Waals surface area contributed by atoms with Crippen molar-refractivity contribution >= 4 is 23.3 Å². The Morgan fingerprint density at radius 2 is 1.91 bits per heavy atom. The molecular formula is C25H29N7O2. The third kappa shape index (κ3) is 4.15. The Morgan fingerprint density at radius 1 is 1.12 bits per heavy atom. The van der Waals surface area contributed by atoms with Gasteiger partial charge in [-0.15, -0.1) is 0 Å². The summed E-state index contributed by atoms with van der Waals surface area (Å²) in [7, 11) is 0. The second-order valence-electron chi connectivity index (χ2n) is 8.91. The van der Waals surface area contributed by atoms with Crippen LogP contribution in [0, 0.1) is 26.7 Å². The zero-order valence-electron chi connectivity index (χ0n) is 19.5. The Labute approximate surface area is 198 Å². The van der Waals surface area contributed by atoms with Crippen LogP contribution in [0.4, 0.5) is 11.5 Å². The average molecular weight is 460 g/mol. The monoisotopic (exact) mass is 459 g/mol. The molecule has 2 aromatic carbocycles. The van der Waals surface area contributed by atoms with E-state index in [9.17, 15) is 9.59 Å². The Morgan fingerprint density at radius 3 is 2.71 bits per heavy atom. The van der Waals surface area contributed by atoms with Gasteiger partial charge in [0.15, 0.2) is 6.29 Å². The summed E-state index contributed by atoms with van der Waals surface area (Å²) in [5.41, 5.74) is 8.41. The van der Waals surface area contributed by atoms with E-state index in [-0.39, 0.29) is 30.3 Å². The van der Waals surface area contributed by atoms with Crippen molar-refractivity contribution in [2.24, 2.45) is 5.92 Å². The molecule has 2 amide bonds. The SMILES string of the molecule is Cc1cc(NC(=O)Cc2ccccc2)n(C2NC(=O)C3CNN(c4cccc(C)c4C)C3N2)n1. The Hall–Kier alpha value is -3.69. The second-order valence-corrected chi connectivity index (χ2v) is 8.91. The maximum absolute atomic E-state index is 13.0. The molecule has 34 heavy (non-hydrogen) atoms. The topological polar surface area (TPSA) is 103 Å². The van der Waals surface area contributed by atoms with Gasteiger partial charge in [-0.05, 0) is 43.5 Å². The minimum Gasteiger partial charge on any atom is -0.321 e. The minimum atomic E-state index is -0.609. The van der Waals surface area contributed by atoms with Crippen LogP contribution in [0.5, 0.6) is 0 Å². The van der Waals surface area contributed by atoms with Crippen molar-refractivity contribution in [3.63, 3.8) is 0 Å². The number of anilines is 2. The highest BCUT2D eigenvalue weighted by atomic mass is 16.2. The summed E-state index contributed by atoms with van der Waals surface area (Å²) in [5, 5.41) is 16.1. The summed E-state index contributed by atoms with van der Waals surface area (Å²) < 4.78 is 1.63. The van der Waals surface area contributed by atoms with Crippen LogP contribution in [0.2, 0.25) is 0 Å². The summed E-state index contributed by atoms with van der Waals surface area (Å²) in [6.07, 6.45) is -0.622. The molecule has 3 aromatic rings. The summed E-state index contributed by atoms with van der Waals surface area (Å²) in [5.74, 6) is 0.0542. The molecule has 3 unspecified atom stereocenters. The molecule has 2 fully saturated rings. The number of benzene rings is 2. The average Bonchev–Trinajstić information content (AvgIpc) is 3.40. The number of hydrogen-bond acceptors (Lipinski definition) is 6. The predicted molar refractivity (Wildman–Crippen MR) is 130 cm³/mol. The molecular weight excluding hydrogens is 430 g/mol. The zero-order chi connectivity index (χ0) is 23.8. The van der Waals surface area contributed by atoms with Crippen molar-refractivity contribution in [1.82, 2.24) is 25.8 Å². The van der Waals surface area contributed by atoms with Gasteiger partial charge in [0.25, 0.3) is 0 Å². The number of nitrogens with one attached hydrogen (secondary N) is 4. The molecule has 2 aliphatic rings. The number of rotatable bonds is 5. The Bertz CT molecular complexity index is 1220. The zero-order valence-corrected chi connectivity index (χ0v) is 19.5. The fraction of sp³-hybridized carbons (Fsp3) is 0.320. The lowest BCUT2D eigenvalue weighted by Gasteiger charge is -2.38. The highest BCUT2D eigenvalue weighted by molar-refractivity contribution is 5.91. The van der Waals surface area contributed by atoms with Crippen LogP contribution in [0.3, 0.4) is 0 Å². The highest BCUT2D eigenvalue weighted by Gasteiger charge is 2.45. The molecule has 4 N–H and O–H groups in total. The summed E-state index contributed by atoms with van der Waals surface area (Å²) in [6, 6.07) is 17.5. The number of aryl methyl sites for hydroxylation is 2. The fourth-order valence-electron chi connectivity index (χ4n) is 4.60. The number of carbonyl (C=O) groups excluding carboxylic acids is 2. The van der Waals surface area contributed by atoms with Gasteiger partial charge in [-0.3, -0.25) is 19.9 Å². The van der Waals surface area contributed by atoms with Crippen LogP contribution in [0.15, 0.2) is 54.6 Å². The molecule has 9 heteroatoms. The maximum atomic E-state index is 13.0. The number of hydrogen-bond donors (Lipinski definition) is 4. The van der Waals surface area contributed by atoms with Crippen molar-refractivity contribution < 1.29 is 9.59 Å². The summed E-state index contributed by atoms with van der Waals surface area (Å²) >= 11 is 0. The molecule has 0 bridgehead atoms. The van der Waals surface area contributed by atoms with E-state index < -0.39 is 6.29 Å². The smallest absolute Gasteiger partial charge is 0.230 e. The van der Waals surface area contributed by atoms with Gasteiger partial charge in [-0.25, -0.2) is 10.1 Å². The van der Waals surface area contributed by atoms with E-state index in [4.69, 9.17) is 0 Å². The number of carbonyl (C=O) groups is 2. The predicted octanol–water partition coefficient (Wildman–Crippen LogP) is 2.13. The van der Waals surface area contributed by atoms with Crippen molar-refractivity contribution in [3.8, 4) is 0 Å². The molecule has 9 nitrogen and oxygen atoms in total. The number of hydrazine groups is 1. The lowest BCUT2D eigenvalue weighted by atomic mass is 10.0. The number of fused-ring (bicyclic) bond motifs is 1. The van der Waals surface area contributed by atoms with Crippen LogP contribution < -0.4 is 26.4 Å². The van der Waals surface area contributed by atoms with Crippen LogP contribution >= 0.6 is 0 Å². The molecule has 5 rings (SSSR count). The van der Waals surface area contributed by atoms with Gasteiger partial charge in [0.05, 0.1) is 23.7 Å². The maximum Gasteiger partial charge on any atom is 0.230 e. The molecule has 2 saturated heterocycles. The van der Waals surface area contributed by atoms with Gasteiger partial charge in [-0.2, -0.15) is 5.10 Å². The molecule has 2 aliphatic heterocycles. The van der Waals surface area contributed by atoms with Crippen LogP contribution in [0.1, 0.15) is 28.7 Å². The van der Waals surface area contributed by atoms with Crippen LogP contribution in [-0.4, -0.2) is 34.3 Å². The first-order valence-electron chi connectivity index (χ1n) is 11.5. The van der Waals surface area contributed by atoms with E-state index in [1.165, 1.54) is 5.56 Å². The Kier molecular flexibility index (Phi) is 5.80. The van der Waals surface area contributed by atoms with Crippen molar-refractivity contribution in [2.45, 2.75) is 39.6 Å². The standard InChI is InChI=1S/C25H29N7O2/c1-15-8-7-11-20(17(15)3)31-23-19(14-26-31)24(34)29-25(28-23)32-21(12-16(2)30-32)27-22(33)13-18-9-5-4-6-10-18/h4-12,19,23,25-26,28H,13-14H2,1-3H3,(H,27,33)(H,29,34). The lowest BCUT2D eigenvalue weighted by molar-refractivity contribution is -0.129. The molecule has 0 radical (unpaired) electrons. The largest absolute Gasteiger partial charge is 0.321 e. The first-order valence-corrected chi connectivity index (χ1v) is 11.5.